The lowest BCUT2D eigenvalue weighted by Gasteiger charge is -2.11. The maximum absolute atomic E-state index is 11.7. The van der Waals surface area contributed by atoms with E-state index in [-0.39, 0.29) is 17.4 Å². The summed E-state index contributed by atoms with van der Waals surface area (Å²) in [5, 5.41) is 21.2. The molecule has 0 spiro atoms. The first-order valence-corrected chi connectivity index (χ1v) is 6.73. The summed E-state index contributed by atoms with van der Waals surface area (Å²) in [6.45, 7) is 2.66. The van der Waals surface area contributed by atoms with E-state index in [1.807, 2.05) is 6.26 Å². The van der Waals surface area contributed by atoms with Crippen molar-refractivity contribution in [1.29, 1.82) is 0 Å². The van der Waals surface area contributed by atoms with Crippen LogP contribution in [0.1, 0.15) is 17.3 Å². The number of phenolic OH excluding ortho intramolecular Hbond substituents is 2. The van der Waals surface area contributed by atoms with Crippen LogP contribution in [-0.2, 0) is 0 Å². The highest BCUT2D eigenvalue weighted by Crippen LogP contribution is 2.24. The van der Waals surface area contributed by atoms with Crippen LogP contribution < -0.4 is 5.32 Å². The number of phenols is 2. The second-order valence-corrected chi connectivity index (χ2v) is 4.88. The predicted octanol–water partition coefficient (Wildman–Crippen LogP) is 1.83. The Morgan fingerprint density at radius 3 is 2.71 bits per heavy atom. The number of amides is 1. The molecule has 0 bridgehead atoms. The topological polar surface area (TPSA) is 69.6 Å². The monoisotopic (exact) mass is 255 g/mol. The maximum Gasteiger partial charge on any atom is 0.251 e. The van der Waals surface area contributed by atoms with Gasteiger partial charge in [0.2, 0.25) is 0 Å². The van der Waals surface area contributed by atoms with Crippen LogP contribution in [0, 0.1) is 5.92 Å². The Morgan fingerprint density at radius 2 is 2.12 bits per heavy atom. The second-order valence-electron chi connectivity index (χ2n) is 3.97. The van der Waals surface area contributed by atoms with Crippen molar-refractivity contribution < 1.29 is 15.0 Å². The van der Waals surface area contributed by atoms with Crippen LogP contribution in [0.25, 0.3) is 0 Å². The van der Waals surface area contributed by atoms with E-state index < -0.39 is 0 Å². The Kier molecular flexibility index (Phi) is 5.15. The van der Waals surface area contributed by atoms with Gasteiger partial charge >= 0.3 is 0 Å². The normalized spacial score (nSPS) is 12.1. The number of hydrogen-bond acceptors (Lipinski definition) is 4. The number of thioether (sulfide) groups is 1. The lowest BCUT2D eigenvalue weighted by molar-refractivity contribution is 0.0949. The molecule has 3 N–H and O–H groups in total. The molecule has 1 amide bonds. The van der Waals surface area contributed by atoms with Crippen LogP contribution in [-0.4, -0.2) is 34.7 Å². The van der Waals surface area contributed by atoms with Crippen LogP contribution in [0.5, 0.6) is 11.5 Å². The van der Waals surface area contributed by atoms with Crippen LogP contribution in [0.3, 0.4) is 0 Å². The van der Waals surface area contributed by atoms with E-state index in [1.54, 1.807) is 11.8 Å². The summed E-state index contributed by atoms with van der Waals surface area (Å²) in [5.74, 6) is 0.640. The molecule has 1 aromatic carbocycles. The standard InChI is InChI=1S/C12H17NO3S/c1-8(7-17-2)6-13-12(16)9-3-4-10(14)11(15)5-9/h3-5,8,14-15H,6-7H2,1-2H3,(H,13,16). The molecule has 0 heterocycles. The van der Waals surface area contributed by atoms with E-state index in [0.717, 1.165) is 5.75 Å². The summed E-state index contributed by atoms with van der Waals surface area (Å²) in [6, 6.07) is 4.03. The molecule has 1 aromatic rings. The average molecular weight is 255 g/mol. The van der Waals surface area contributed by atoms with Gasteiger partial charge in [0.1, 0.15) is 0 Å². The van der Waals surface area contributed by atoms with E-state index in [4.69, 9.17) is 5.11 Å². The Bertz CT molecular complexity index is 395. The van der Waals surface area contributed by atoms with Gasteiger partial charge in [0.05, 0.1) is 0 Å². The lowest BCUT2D eigenvalue weighted by atomic mass is 10.1. The molecule has 17 heavy (non-hydrogen) atoms. The van der Waals surface area contributed by atoms with Gasteiger partial charge in [-0.25, -0.2) is 0 Å². The van der Waals surface area contributed by atoms with E-state index in [1.165, 1.54) is 18.2 Å². The zero-order valence-corrected chi connectivity index (χ0v) is 10.8. The van der Waals surface area contributed by atoms with Crippen molar-refractivity contribution in [3.63, 3.8) is 0 Å². The molecule has 0 aliphatic heterocycles. The van der Waals surface area contributed by atoms with Crippen LogP contribution in [0.2, 0.25) is 0 Å². The minimum atomic E-state index is -0.283. The van der Waals surface area contributed by atoms with Crippen molar-refractivity contribution in [2.24, 2.45) is 5.92 Å². The van der Waals surface area contributed by atoms with Gasteiger partial charge in [0, 0.05) is 12.1 Å². The Hall–Kier alpha value is -1.36. The number of nitrogens with one attached hydrogen (secondary N) is 1. The first-order valence-electron chi connectivity index (χ1n) is 5.33. The number of hydrogen-bond donors (Lipinski definition) is 3. The summed E-state index contributed by atoms with van der Waals surface area (Å²) in [6.07, 6.45) is 2.02. The summed E-state index contributed by atoms with van der Waals surface area (Å²) >= 11 is 1.74. The second kappa shape index (κ2) is 6.39. The van der Waals surface area contributed by atoms with Crippen molar-refractivity contribution >= 4 is 17.7 Å². The maximum atomic E-state index is 11.7. The number of benzene rings is 1. The number of carbonyl (C=O) groups is 1. The fourth-order valence-electron chi connectivity index (χ4n) is 1.38. The molecule has 0 saturated carbocycles. The summed E-state index contributed by atoms with van der Waals surface area (Å²) in [4.78, 5) is 11.7. The average Bonchev–Trinajstić information content (AvgIpc) is 2.30. The molecule has 1 rings (SSSR count). The molecule has 94 valence electrons. The van der Waals surface area contributed by atoms with Gasteiger partial charge in [-0.3, -0.25) is 4.79 Å². The molecule has 0 fully saturated rings. The molecule has 4 nitrogen and oxygen atoms in total. The number of aromatic hydroxyl groups is 2. The molecule has 0 aliphatic rings. The van der Waals surface area contributed by atoms with E-state index in [2.05, 4.69) is 12.2 Å². The van der Waals surface area contributed by atoms with Gasteiger partial charge in [-0.05, 0) is 36.1 Å². The fraction of sp³-hybridized carbons (Fsp3) is 0.417. The minimum absolute atomic E-state index is 0.225. The van der Waals surface area contributed by atoms with Crippen LogP contribution in [0.4, 0.5) is 0 Å². The predicted molar refractivity (Wildman–Crippen MR) is 69.7 cm³/mol. The Balaban J connectivity index is 2.55. The molecule has 0 saturated heterocycles. The molecule has 1 unspecified atom stereocenters. The zero-order chi connectivity index (χ0) is 12.8. The smallest absolute Gasteiger partial charge is 0.251 e. The fourth-order valence-corrected chi connectivity index (χ4v) is 2.06. The zero-order valence-electron chi connectivity index (χ0n) is 9.93. The first-order chi connectivity index (χ1) is 8.04. The number of rotatable bonds is 5. The van der Waals surface area contributed by atoms with Crippen molar-refractivity contribution in [2.45, 2.75) is 6.92 Å². The molecule has 0 aliphatic carbocycles. The van der Waals surface area contributed by atoms with Gasteiger partial charge in [-0.1, -0.05) is 6.92 Å². The summed E-state index contributed by atoms with van der Waals surface area (Å²) < 4.78 is 0. The third kappa shape index (κ3) is 4.19. The largest absolute Gasteiger partial charge is 0.504 e. The van der Waals surface area contributed by atoms with Gasteiger partial charge in [0.15, 0.2) is 11.5 Å². The molecule has 0 aromatic heterocycles. The van der Waals surface area contributed by atoms with Gasteiger partial charge < -0.3 is 15.5 Å². The highest BCUT2D eigenvalue weighted by atomic mass is 32.2. The Morgan fingerprint density at radius 1 is 1.41 bits per heavy atom. The first kappa shape index (κ1) is 13.7. The highest BCUT2D eigenvalue weighted by molar-refractivity contribution is 7.98. The van der Waals surface area contributed by atoms with Crippen molar-refractivity contribution in [2.75, 3.05) is 18.6 Å². The van der Waals surface area contributed by atoms with E-state index >= 15 is 0 Å². The van der Waals surface area contributed by atoms with Crippen molar-refractivity contribution in [3.8, 4) is 11.5 Å². The molecular formula is C12H17NO3S. The Labute approximate surface area is 105 Å². The van der Waals surface area contributed by atoms with Gasteiger partial charge in [0.25, 0.3) is 5.91 Å². The number of carbonyl (C=O) groups excluding carboxylic acids is 1. The summed E-state index contributed by atoms with van der Waals surface area (Å²) in [7, 11) is 0. The lowest BCUT2D eigenvalue weighted by Crippen LogP contribution is -2.29. The van der Waals surface area contributed by atoms with Gasteiger partial charge in [-0.15, -0.1) is 0 Å². The molecule has 1 atom stereocenters. The quantitative estimate of drug-likeness (QED) is 0.702. The molecule has 0 radical (unpaired) electrons. The minimum Gasteiger partial charge on any atom is -0.504 e. The van der Waals surface area contributed by atoms with E-state index in [0.29, 0.717) is 18.0 Å². The van der Waals surface area contributed by atoms with Crippen LogP contribution >= 0.6 is 11.8 Å². The van der Waals surface area contributed by atoms with Crippen molar-refractivity contribution in [1.82, 2.24) is 5.32 Å². The third-order valence-corrected chi connectivity index (χ3v) is 3.20. The van der Waals surface area contributed by atoms with Gasteiger partial charge in [-0.2, -0.15) is 11.8 Å². The SMILES string of the molecule is CSCC(C)CNC(=O)c1ccc(O)c(O)c1. The highest BCUT2D eigenvalue weighted by Gasteiger charge is 2.09. The van der Waals surface area contributed by atoms with Crippen molar-refractivity contribution in [3.05, 3.63) is 23.8 Å². The summed E-state index contributed by atoms with van der Waals surface area (Å²) in [5.41, 5.74) is 0.344. The third-order valence-electron chi connectivity index (χ3n) is 2.30. The van der Waals surface area contributed by atoms with E-state index in [9.17, 15) is 9.90 Å². The molecule has 5 heteroatoms. The van der Waals surface area contributed by atoms with Crippen LogP contribution in [0.15, 0.2) is 18.2 Å². The molecular weight excluding hydrogens is 238 g/mol.